The van der Waals surface area contributed by atoms with Gasteiger partial charge in [-0.25, -0.2) is 0 Å². The lowest BCUT2D eigenvalue weighted by Crippen LogP contribution is -2.36. The molecule has 5 aromatic rings. The Morgan fingerprint density at radius 1 is 0.894 bits per heavy atom. The largest absolute Gasteiger partial charge is 0.496 e. The Morgan fingerprint density at radius 3 is 2.40 bits per heavy atom. The molecule has 2 N–H and O–H groups in total. The van der Waals surface area contributed by atoms with Crippen LogP contribution in [0.4, 0.5) is 11.4 Å². The first-order valence-electron chi connectivity index (χ1n) is 15.1. The van der Waals surface area contributed by atoms with Crippen molar-refractivity contribution in [1.82, 2.24) is 5.32 Å². The van der Waals surface area contributed by atoms with Gasteiger partial charge in [0, 0.05) is 34.0 Å². The Balaban J connectivity index is 1.15. The average molecular weight is 644 g/mol. The monoisotopic (exact) mass is 643 g/mol. The van der Waals surface area contributed by atoms with Gasteiger partial charge in [-0.2, -0.15) is 0 Å². The summed E-state index contributed by atoms with van der Waals surface area (Å²) < 4.78 is 11.5. The van der Waals surface area contributed by atoms with E-state index in [2.05, 4.69) is 23.6 Å². The topological polar surface area (TPSA) is 101 Å². The number of anilines is 2. The lowest BCUT2D eigenvalue weighted by atomic mass is 10.1. The van der Waals surface area contributed by atoms with Gasteiger partial charge in [0.25, 0.3) is 11.8 Å². The highest BCUT2D eigenvalue weighted by Crippen LogP contribution is 2.34. The fraction of sp³-hybridized carbons (Fsp3) is 0.132. The van der Waals surface area contributed by atoms with Crippen LogP contribution in [-0.2, 0) is 16.0 Å². The van der Waals surface area contributed by atoms with Crippen molar-refractivity contribution < 1.29 is 23.5 Å². The molecule has 1 atom stereocenters. The molecule has 0 saturated heterocycles. The van der Waals surface area contributed by atoms with Gasteiger partial charge in [0.1, 0.15) is 23.0 Å². The highest BCUT2D eigenvalue weighted by atomic mass is 32.2. The first kappa shape index (κ1) is 31.4. The van der Waals surface area contributed by atoms with Gasteiger partial charge in [-0.1, -0.05) is 48.5 Å². The molecule has 4 aromatic carbocycles. The number of nitrogens with one attached hydrogen (secondary N) is 2. The number of hydrogen-bond acceptors (Lipinski definition) is 6. The third-order valence-corrected chi connectivity index (χ3v) is 8.76. The van der Waals surface area contributed by atoms with E-state index in [0.717, 1.165) is 22.6 Å². The number of hydrogen-bond donors (Lipinski definition) is 2. The van der Waals surface area contributed by atoms with Gasteiger partial charge < -0.3 is 24.7 Å². The van der Waals surface area contributed by atoms with Crippen LogP contribution < -0.4 is 20.3 Å². The maximum Gasteiger partial charge on any atom is 0.272 e. The summed E-state index contributed by atoms with van der Waals surface area (Å²) in [6.45, 7) is 2.07. The van der Waals surface area contributed by atoms with E-state index in [-0.39, 0.29) is 17.6 Å². The van der Waals surface area contributed by atoms with Crippen molar-refractivity contribution >= 4 is 46.9 Å². The summed E-state index contributed by atoms with van der Waals surface area (Å²) in [6.07, 6.45) is 2.34. The van der Waals surface area contributed by atoms with Gasteiger partial charge in [-0.05, 0) is 85.6 Å². The van der Waals surface area contributed by atoms with Crippen molar-refractivity contribution in [3.8, 4) is 17.1 Å². The zero-order chi connectivity index (χ0) is 32.8. The van der Waals surface area contributed by atoms with Crippen LogP contribution in [0.2, 0.25) is 0 Å². The molecule has 0 unspecified atom stereocenters. The number of carbonyl (C=O) groups excluding carboxylic acids is 3. The number of thioether (sulfide) groups is 1. The van der Waals surface area contributed by atoms with Gasteiger partial charge >= 0.3 is 0 Å². The van der Waals surface area contributed by atoms with E-state index < -0.39 is 11.8 Å². The fourth-order valence-electron chi connectivity index (χ4n) is 5.50. The molecular weight excluding hydrogens is 611 g/mol. The quantitative estimate of drug-likeness (QED) is 0.121. The summed E-state index contributed by atoms with van der Waals surface area (Å²) in [7, 11) is 1.59. The molecule has 0 saturated carbocycles. The molecule has 3 amide bonds. The van der Waals surface area contributed by atoms with Crippen LogP contribution in [0.25, 0.3) is 17.4 Å². The number of furan rings is 1. The molecule has 1 aliphatic heterocycles. The van der Waals surface area contributed by atoms with Crippen molar-refractivity contribution in [3.63, 3.8) is 0 Å². The number of amides is 3. The molecule has 1 aromatic heterocycles. The minimum Gasteiger partial charge on any atom is -0.496 e. The molecule has 1 aliphatic rings. The van der Waals surface area contributed by atoms with E-state index in [1.165, 1.54) is 23.4 Å². The maximum absolute atomic E-state index is 13.5. The number of nitrogens with zero attached hydrogens (tertiary/aromatic N) is 1. The van der Waals surface area contributed by atoms with Crippen LogP contribution >= 0.6 is 11.8 Å². The molecule has 0 spiro atoms. The third-order valence-electron chi connectivity index (χ3n) is 7.77. The molecule has 0 bridgehead atoms. The number of carbonyl (C=O) groups is 3. The van der Waals surface area contributed by atoms with Gasteiger partial charge in [0.05, 0.1) is 18.4 Å². The Bertz CT molecular complexity index is 1930. The zero-order valence-electron chi connectivity index (χ0n) is 25.9. The Labute approximate surface area is 277 Å². The molecule has 236 valence electrons. The second-order valence-electron chi connectivity index (χ2n) is 11.0. The molecule has 2 heterocycles. The van der Waals surface area contributed by atoms with Gasteiger partial charge in [-0.15, -0.1) is 11.8 Å². The van der Waals surface area contributed by atoms with E-state index >= 15 is 0 Å². The van der Waals surface area contributed by atoms with Gasteiger partial charge in [0.2, 0.25) is 5.91 Å². The summed E-state index contributed by atoms with van der Waals surface area (Å²) >= 11 is 1.44. The number of para-hydroxylation sites is 2. The standard InChI is InChI=1S/C38H33N3O5S/c1-25-22-27-12-6-8-14-33(27)41(25)36(42)24-47-30-19-16-28(17-20-30)39-38(44)32(40-37(43)26-10-4-3-5-11-26)23-29-18-21-35(46-29)31-13-7-9-15-34(31)45-2/h3-21,23,25H,22,24H2,1-2H3,(H,39,44)(H,40,43)/b32-23+/t25-/m0/s1. The minimum absolute atomic E-state index is 0.00356. The van der Waals surface area contributed by atoms with E-state index in [1.807, 2.05) is 65.6 Å². The van der Waals surface area contributed by atoms with Crippen molar-refractivity contribution in [2.45, 2.75) is 24.3 Å². The minimum atomic E-state index is -0.526. The van der Waals surface area contributed by atoms with E-state index in [0.29, 0.717) is 34.3 Å². The average Bonchev–Trinajstić information content (AvgIpc) is 3.71. The predicted octanol–water partition coefficient (Wildman–Crippen LogP) is 7.43. The first-order chi connectivity index (χ1) is 22.9. The summed E-state index contributed by atoms with van der Waals surface area (Å²) in [6, 6.07) is 35.0. The van der Waals surface area contributed by atoms with Crippen LogP contribution in [0.5, 0.6) is 5.75 Å². The van der Waals surface area contributed by atoms with Crippen LogP contribution in [0.15, 0.2) is 130 Å². The second-order valence-corrected chi connectivity index (χ2v) is 12.0. The van der Waals surface area contributed by atoms with Crippen LogP contribution in [0.1, 0.15) is 28.6 Å². The lowest BCUT2D eigenvalue weighted by molar-refractivity contribution is -0.116. The number of rotatable bonds is 10. The fourth-order valence-corrected chi connectivity index (χ4v) is 6.26. The highest BCUT2D eigenvalue weighted by Gasteiger charge is 2.30. The van der Waals surface area contributed by atoms with E-state index in [1.54, 1.807) is 55.6 Å². The Kier molecular flexibility index (Phi) is 9.54. The Morgan fingerprint density at radius 2 is 1.62 bits per heavy atom. The van der Waals surface area contributed by atoms with E-state index in [9.17, 15) is 14.4 Å². The summed E-state index contributed by atoms with van der Waals surface area (Å²) in [5.74, 6) is 0.961. The number of ether oxygens (including phenoxy) is 1. The summed E-state index contributed by atoms with van der Waals surface area (Å²) in [5, 5.41) is 5.60. The maximum atomic E-state index is 13.5. The van der Waals surface area contributed by atoms with Crippen molar-refractivity contribution in [2.75, 3.05) is 23.1 Å². The smallest absolute Gasteiger partial charge is 0.272 e. The normalized spacial score (nSPS) is 14.0. The molecule has 9 heteroatoms. The van der Waals surface area contributed by atoms with E-state index in [4.69, 9.17) is 9.15 Å². The first-order valence-corrected chi connectivity index (χ1v) is 16.1. The molecule has 0 fully saturated rings. The van der Waals surface area contributed by atoms with Crippen molar-refractivity contribution in [2.24, 2.45) is 0 Å². The van der Waals surface area contributed by atoms with Crippen molar-refractivity contribution in [1.29, 1.82) is 0 Å². The number of benzene rings is 4. The molecular formula is C38H33N3O5S. The highest BCUT2D eigenvalue weighted by molar-refractivity contribution is 8.00. The molecule has 0 aliphatic carbocycles. The van der Waals surface area contributed by atoms with Crippen LogP contribution in [0.3, 0.4) is 0 Å². The number of fused-ring (bicyclic) bond motifs is 1. The van der Waals surface area contributed by atoms with Gasteiger partial charge in [0.15, 0.2) is 0 Å². The van der Waals surface area contributed by atoms with Crippen LogP contribution in [-0.4, -0.2) is 36.6 Å². The second kappa shape index (κ2) is 14.3. The molecule has 8 nitrogen and oxygen atoms in total. The van der Waals surface area contributed by atoms with Gasteiger partial charge in [-0.3, -0.25) is 14.4 Å². The summed E-state index contributed by atoms with van der Waals surface area (Å²) in [5.41, 5.74) is 3.87. The molecule has 47 heavy (non-hydrogen) atoms. The third kappa shape index (κ3) is 7.31. The lowest BCUT2D eigenvalue weighted by Gasteiger charge is -2.22. The molecule has 0 radical (unpaired) electrons. The summed E-state index contributed by atoms with van der Waals surface area (Å²) in [4.78, 5) is 42.5. The van der Waals surface area contributed by atoms with Crippen molar-refractivity contribution in [3.05, 3.63) is 138 Å². The van der Waals surface area contributed by atoms with Crippen LogP contribution in [0, 0.1) is 0 Å². The Hall–Kier alpha value is -5.54. The number of methoxy groups -OCH3 is 1. The predicted molar refractivity (Wildman–Crippen MR) is 185 cm³/mol. The molecule has 6 rings (SSSR count). The SMILES string of the molecule is COc1ccccc1-c1ccc(/C=C(/NC(=O)c2ccccc2)C(=O)Nc2ccc(SCC(=O)N3c4ccccc4C[C@@H]3C)cc2)o1. The zero-order valence-corrected chi connectivity index (χ0v) is 26.8.